The molecule has 0 radical (unpaired) electrons. The molecule has 2 heteroatoms. The van der Waals surface area contributed by atoms with Gasteiger partial charge in [0, 0.05) is 5.56 Å². The van der Waals surface area contributed by atoms with Gasteiger partial charge in [-0.1, -0.05) is 49.7 Å². The molecule has 1 aliphatic rings. The van der Waals surface area contributed by atoms with Crippen LogP contribution in [0.3, 0.4) is 0 Å². The van der Waals surface area contributed by atoms with Crippen LogP contribution < -0.4 is 5.32 Å². The first-order chi connectivity index (χ1) is 9.75. The summed E-state index contributed by atoms with van der Waals surface area (Å²) in [5.74, 6) is 0.266. The lowest BCUT2D eigenvalue weighted by Crippen LogP contribution is -2.47. The molecular weight excluding hydrogens is 246 g/mol. The Morgan fingerprint density at radius 3 is 2.70 bits per heavy atom. The Balaban J connectivity index is 1.98. The second kappa shape index (κ2) is 5.37. The topological polar surface area (TPSA) is 29.1 Å². The Hall–Kier alpha value is -1.67. The van der Waals surface area contributed by atoms with Gasteiger partial charge in [0.05, 0.1) is 5.54 Å². The molecule has 1 saturated heterocycles. The maximum atomic E-state index is 12.9. The maximum Gasteiger partial charge on any atom is 0.182 e. The van der Waals surface area contributed by atoms with Gasteiger partial charge in [0.2, 0.25) is 0 Å². The molecule has 20 heavy (non-hydrogen) atoms. The number of nitrogens with one attached hydrogen (secondary N) is 1. The van der Waals surface area contributed by atoms with Gasteiger partial charge in [-0.3, -0.25) is 4.79 Å². The normalized spacial score (nSPS) is 22.2. The van der Waals surface area contributed by atoms with E-state index in [-0.39, 0.29) is 11.3 Å². The van der Waals surface area contributed by atoms with Crippen molar-refractivity contribution in [2.75, 3.05) is 6.54 Å². The van der Waals surface area contributed by atoms with Crippen molar-refractivity contribution in [1.82, 2.24) is 5.32 Å². The summed E-state index contributed by atoms with van der Waals surface area (Å²) in [6, 6.07) is 14.3. The lowest BCUT2D eigenvalue weighted by molar-refractivity contribution is 0.0858. The summed E-state index contributed by atoms with van der Waals surface area (Å²) in [7, 11) is 0. The third-order valence-electron chi connectivity index (χ3n) is 4.37. The van der Waals surface area contributed by atoms with Crippen molar-refractivity contribution in [1.29, 1.82) is 0 Å². The van der Waals surface area contributed by atoms with E-state index in [0.717, 1.165) is 43.2 Å². The van der Waals surface area contributed by atoms with Crippen LogP contribution in [0.25, 0.3) is 10.8 Å². The summed E-state index contributed by atoms with van der Waals surface area (Å²) in [4.78, 5) is 12.9. The zero-order chi connectivity index (χ0) is 14.0. The van der Waals surface area contributed by atoms with Crippen LogP contribution in [0.5, 0.6) is 0 Å². The van der Waals surface area contributed by atoms with Gasteiger partial charge in [0.25, 0.3) is 0 Å². The number of carbonyl (C=O) groups is 1. The first kappa shape index (κ1) is 13.3. The second-order valence-corrected chi connectivity index (χ2v) is 5.75. The van der Waals surface area contributed by atoms with E-state index in [1.807, 2.05) is 24.3 Å². The van der Waals surface area contributed by atoms with E-state index in [2.05, 4.69) is 30.4 Å². The van der Waals surface area contributed by atoms with Crippen LogP contribution in [-0.2, 0) is 0 Å². The molecule has 0 aromatic heterocycles. The van der Waals surface area contributed by atoms with E-state index < -0.39 is 0 Å². The van der Waals surface area contributed by atoms with Gasteiger partial charge in [-0.15, -0.1) is 0 Å². The van der Waals surface area contributed by atoms with Crippen LogP contribution in [0.4, 0.5) is 0 Å². The molecule has 1 heterocycles. The summed E-state index contributed by atoms with van der Waals surface area (Å²) >= 11 is 0. The van der Waals surface area contributed by atoms with Gasteiger partial charge in [0.1, 0.15) is 0 Å². The number of benzene rings is 2. The molecule has 2 aromatic rings. The van der Waals surface area contributed by atoms with Crippen molar-refractivity contribution in [3.05, 3.63) is 48.0 Å². The lowest BCUT2D eigenvalue weighted by atomic mass is 9.83. The second-order valence-electron chi connectivity index (χ2n) is 5.75. The van der Waals surface area contributed by atoms with Crippen molar-refractivity contribution in [3.63, 3.8) is 0 Å². The first-order valence-electron chi connectivity index (χ1n) is 7.54. The Kier molecular flexibility index (Phi) is 3.58. The number of hydrogen-bond acceptors (Lipinski definition) is 2. The molecule has 2 nitrogen and oxygen atoms in total. The molecule has 1 atom stereocenters. The summed E-state index contributed by atoms with van der Waals surface area (Å²) in [5.41, 5.74) is 0.517. The molecular formula is C18H21NO. The van der Waals surface area contributed by atoms with Crippen molar-refractivity contribution in [2.24, 2.45) is 0 Å². The maximum absolute atomic E-state index is 12.9. The van der Waals surface area contributed by atoms with E-state index in [9.17, 15) is 4.79 Å². The Bertz CT molecular complexity index is 626. The minimum atomic E-state index is -0.322. The molecule has 2 aromatic carbocycles. The van der Waals surface area contributed by atoms with E-state index in [1.54, 1.807) is 0 Å². The number of rotatable bonds is 4. The highest BCUT2D eigenvalue weighted by molar-refractivity contribution is 6.05. The molecule has 1 N–H and O–H groups in total. The Morgan fingerprint density at radius 2 is 2.00 bits per heavy atom. The Morgan fingerprint density at radius 1 is 1.20 bits per heavy atom. The summed E-state index contributed by atoms with van der Waals surface area (Å²) in [5, 5.41) is 5.80. The van der Waals surface area contributed by atoms with E-state index in [4.69, 9.17) is 0 Å². The standard InChI is InChI=1S/C18H21NO/c1-2-10-18(11-5-12-19-18)17(20)16-9-8-14-6-3-4-7-15(14)13-16/h3-4,6-9,13,19H,2,5,10-12H2,1H3. The molecule has 0 amide bonds. The fourth-order valence-corrected chi connectivity index (χ4v) is 3.36. The van der Waals surface area contributed by atoms with Crippen LogP contribution in [0, 0.1) is 0 Å². The SMILES string of the molecule is CCCC1(C(=O)c2ccc3ccccc3c2)CCCN1. The summed E-state index contributed by atoms with van der Waals surface area (Å²) in [6.07, 6.45) is 4.02. The number of hydrogen-bond donors (Lipinski definition) is 1. The van der Waals surface area contributed by atoms with Gasteiger partial charge in [-0.2, -0.15) is 0 Å². The molecule has 1 unspecified atom stereocenters. The van der Waals surface area contributed by atoms with Crippen LogP contribution in [0.1, 0.15) is 43.0 Å². The first-order valence-corrected chi connectivity index (χ1v) is 7.54. The predicted molar refractivity (Wildman–Crippen MR) is 83.2 cm³/mol. The highest BCUT2D eigenvalue weighted by Gasteiger charge is 2.40. The molecule has 1 aliphatic heterocycles. The van der Waals surface area contributed by atoms with Crippen LogP contribution in [-0.4, -0.2) is 17.9 Å². The Labute approximate surface area is 120 Å². The van der Waals surface area contributed by atoms with Crippen molar-refractivity contribution < 1.29 is 4.79 Å². The monoisotopic (exact) mass is 267 g/mol. The highest BCUT2D eigenvalue weighted by atomic mass is 16.1. The molecule has 104 valence electrons. The quantitative estimate of drug-likeness (QED) is 0.850. The average molecular weight is 267 g/mol. The predicted octanol–water partition coefficient (Wildman–Crippen LogP) is 3.94. The van der Waals surface area contributed by atoms with Gasteiger partial charge >= 0.3 is 0 Å². The fraction of sp³-hybridized carbons (Fsp3) is 0.389. The van der Waals surface area contributed by atoms with Gasteiger partial charge < -0.3 is 5.32 Å². The van der Waals surface area contributed by atoms with Crippen LogP contribution in [0.2, 0.25) is 0 Å². The molecule has 0 aliphatic carbocycles. The average Bonchev–Trinajstić information content (AvgIpc) is 2.96. The largest absolute Gasteiger partial charge is 0.305 e. The minimum Gasteiger partial charge on any atom is -0.305 e. The number of carbonyl (C=O) groups excluding carboxylic acids is 1. The van der Waals surface area contributed by atoms with Gasteiger partial charge in [-0.05, 0) is 42.6 Å². The van der Waals surface area contributed by atoms with E-state index in [0.29, 0.717) is 0 Å². The van der Waals surface area contributed by atoms with E-state index >= 15 is 0 Å². The molecule has 0 bridgehead atoms. The van der Waals surface area contributed by atoms with Crippen molar-refractivity contribution in [3.8, 4) is 0 Å². The number of ketones is 1. The fourth-order valence-electron chi connectivity index (χ4n) is 3.36. The van der Waals surface area contributed by atoms with Gasteiger partial charge in [-0.25, -0.2) is 0 Å². The number of fused-ring (bicyclic) bond motifs is 1. The summed E-state index contributed by atoms with van der Waals surface area (Å²) in [6.45, 7) is 3.11. The molecule has 3 rings (SSSR count). The van der Waals surface area contributed by atoms with Crippen LogP contribution in [0.15, 0.2) is 42.5 Å². The zero-order valence-electron chi connectivity index (χ0n) is 12.0. The smallest absolute Gasteiger partial charge is 0.182 e. The van der Waals surface area contributed by atoms with Crippen molar-refractivity contribution in [2.45, 2.75) is 38.1 Å². The minimum absolute atomic E-state index is 0.266. The third-order valence-corrected chi connectivity index (χ3v) is 4.37. The van der Waals surface area contributed by atoms with Crippen LogP contribution >= 0.6 is 0 Å². The summed E-state index contributed by atoms with van der Waals surface area (Å²) < 4.78 is 0. The molecule has 0 spiro atoms. The third kappa shape index (κ3) is 2.25. The van der Waals surface area contributed by atoms with Crippen molar-refractivity contribution >= 4 is 16.6 Å². The zero-order valence-corrected chi connectivity index (χ0v) is 12.0. The number of Topliss-reactive ketones (excluding diaryl/α,β-unsaturated/α-hetero) is 1. The molecule has 0 saturated carbocycles. The highest BCUT2D eigenvalue weighted by Crippen LogP contribution is 2.29. The molecule has 1 fully saturated rings. The van der Waals surface area contributed by atoms with Gasteiger partial charge in [0.15, 0.2) is 5.78 Å². The lowest BCUT2D eigenvalue weighted by Gasteiger charge is -2.27. The van der Waals surface area contributed by atoms with E-state index in [1.165, 1.54) is 5.39 Å².